The molecule has 0 bridgehead atoms. The summed E-state index contributed by atoms with van der Waals surface area (Å²) in [5, 5.41) is 41.1. The second-order valence-electron chi connectivity index (χ2n) is 4.20. The van der Waals surface area contributed by atoms with Gasteiger partial charge in [-0.1, -0.05) is 19.8 Å². The molecule has 0 unspecified atom stereocenters. The average molecular weight is 219 g/mol. The van der Waals surface area contributed by atoms with Gasteiger partial charge < -0.3 is 25.7 Å². The number of nitrogens with one attached hydrogen (secondary N) is 1. The van der Waals surface area contributed by atoms with Crippen LogP contribution in [0.25, 0.3) is 0 Å². The molecule has 1 saturated heterocycles. The first kappa shape index (κ1) is 12.9. The molecule has 1 fully saturated rings. The van der Waals surface area contributed by atoms with Crippen molar-refractivity contribution >= 4 is 0 Å². The van der Waals surface area contributed by atoms with Crippen molar-refractivity contribution in [3.05, 3.63) is 0 Å². The second kappa shape index (κ2) is 5.77. The lowest BCUT2D eigenvalue weighted by Crippen LogP contribution is -2.47. The Bertz CT molecular complexity index is 190. The lowest BCUT2D eigenvalue weighted by atomic mass is 9.97. The number of hydrogen-bond donors (Lipinski definition) is 5. The van der Waals surface area contributed by atoms with Gasteiger partial charge in [0.15, 0.2) is 0 Å². The smallest absolute Gasteiger partial charge is 0.110 e. The normalized spacial score (nSPS) is 42.6. The van der Waals surface area contributed by atoms with Gasteiger partial charge >= 0.3 is 0 Å². The molecule has 15 heavy (non-hydrogen) atoms. The zero-order valence-corrected chi connectivity index (χ0v) is 9.00. The summed E-state index contributed by atoms with van der Waals surface area (Å²) >= 11 is 0. The Morgan fingerprint density at radius 2 is 1.73 bits per heavy atom. The van der Waals surface area contributed by atoms with Crippen molar-refractivity contribution in [1.82, 2.24) is 5.32 Å². The summed E-state index contributed by atoms with van der Waals surface area (Å²) in [6.45, 7) is 2.24. The van der Waals surface area contributed by atoms with Gasteiger partial charge in [0.05, 0.1) is 12.2 Å². The number of aliphatic hydroxyl groups is 4. The van der Waals surface area contributed by atoms with Crippen LogP contribution in [-0.4, -0.2) is 57.4 Å². The maximum absolute atomic E-state index is 9.75. The molecule has 1 heterocycles. The number of aliphatic hydroxyl groups excluding tert-OH is 4. The minimum atomic E-state index is -1.28. The van der Waals surface area contributed by atoms with Gasteiger partial charge in [-0.15, -0.1) is 0 Å². The Morgan fingerprint density at radius 3 is 2.33 bits per heavy atom. The predicted octanol–water partition coefficient (Wildman–Crippen LogP) is -1.41. The SMILES string of the molecule is CCCC[C@H]1NC[C@@H](O)[C@@H](O)[C@H](O)[C@@H]1O. The van der Waals surface area contributed by atoms with Gasteiger partial charge in [0.2, 0.25) is 0 Å². The third kappa shape index (κ3) is 3.12. The summed E-state index contributed by atoms with van der Waals surface area (Å²) in [6.07, 6.45) is -1.94. The van der Waals surface area contributed by atoms with Crippen LogP contribution in [0.15, 0.2) is 0 Å². The Hall–Kier alpha value is -0.200. The van der Waals surface area contributed by atoms with E-state index in [1.165, 1.54) is 0 Å². The van der Waals surface area contributed by atoms with Gasteiger partial charge in [0.25, 0.3) is 0 Å². The molecule has 1 aliphatic heterocycles. The molecule has 0 aromatic heterocycles. The highest BCUT2D eigenvalue weighted by molar-refractivity contribution is 4.93. The highest BCUT2D eigenvalue weighted by atomic mass is 16.4. The molecule has 1 rings (SSSR count). The van der Waals surface area contributed by atoms with Crippen molar-refractivity contribution in [2.24, 2.45) is 0 Å². The van der Waals surface area contributed by atoms with Crippen molar-refractivity contribution in [3.63, 3.8) is 0 Å². The van der Waals surface area contributed by atoms with Crippen LogP contribution in [0.3, 0.4) is 0 Å². The molecule has 0 saturated carbocycles. The van der Waals surface area contributed by atoms with Crippen LogP contribution in [0.2, 0.25) is 0 Å². The average Bonchev–Trinajstić information content (AvgIpc) is 2.32. The van der Waals surface area contributed by atoms with Crippen LogP contribution in [0.1, 0.15) is 26.2 Å². The number of unbranched alkanes of at least 4 members (excludes halogenated alkanes) is 1. The van der Waals surface area contributed by atoms with E-state index in [-0.39, 0.29) is 12.6 Å². The molecular weight excluding hydrogens is 198 g/mol. The molecule has 5 heteroatoms. The quantitative estimate of drug-likeness (QED) is 0.402. The molecule has 5 N–H and O–H groups in total. The van der Waals surface area contributed by atoms with Crippen molar-refractivity contribution in [3.8, 4) is 0 Å². The second-order valence-corrected chi connectivity index (χ2v) is 4.20. The Kier molecular flexibility index (Phi) is 4.95. The monoisotopic (exact) mass is 219 g/mol. The van der Waals surface area contributed by atoms with Gasteiger partial charge in [-0.3, -0.25) is 0 Å². The lowest BCUT2D eigenvalue weighted by Gasteiger charge is -2.26. The zero-order valence-electron chi connectivity index (χ0n) is 9.00. The summed E-state index contributed by atoms with van der Waals surface area (Å²) in [5.74, 6) is 0. The molecule has 0 aliphatic carbocycles. The molecule has 5 nitrogen and oxygen atoms in total. The minimum Gasteiger partial charge on any atom is -0.389 e. The first-order valence-corrected chi connectivity index (χ1v) is 5.53. The topological polar surface area (TPSA) is 93.0 Å². The van der Waals surface area contributed by atoms with E-state index in [0.717, 1.165) is 19.3 Å². The van der Waals surface area contributed by atoms with Gasteiger partial charge in [0, 0.05) is 12.6 Å². The van der Waals surface area contributed by atoms with E-state index in [1.54, 1.807) is 0 Å². The van der Waals surface area contributed by atoms with E-state index >= 15 is 0 Å². The third-order valence-corrected chi connectivity index (χ3v) is 2.96. The third-order valence-electron chi connectivity index (χ3n) is 2.96. The first-order chi connectivity index (χ1) is 7.07. The molecule has 0 aromatic carbocycles. The Morgan fingerprint density at radius 1 is 1.07 bits per heavy atom. The molecular formula is C10H21NO4. The predicted molar refractivity (Wildman–Crippen MR) is 55.3 cm³/mol. The summed E-state index contributed by atoms with van der Waals surface area (Å²) in [4.78, 5) is 0. The molecule has 0 aromatic rings. The van der Waals surface area contributed by atoms with Crippen LogP contribution in [0.5, 0.6) is 0 Å². The number of hydrogen-bond acceptors (Lipinski definition) is 5. The van der Waals surface area contributed by atoms with Gasteiger partial charge in [-0.2, -0.15) is 0 Å². The van der Waals surface area contributed by atoms with Gasteiger partial charge in [-0.05, 0) is 6.42 Å². The van der Waals surface area contributed by atoms with Crippen LogP contribution in [0, 0.1) is 0 Å². The summed E-state index contributed by atoms with van der Waals surface area (Å²) in [6, 6.07) is -0.258. The lowest BCUT2D eigenvalue weighted by molar-refractivity contribution is -0.0960. The molecule has 0 amide bonds. The first-order valence-electron chi connectivity index (χ1n) is 5.53. The van der Waals surface area contributed by atoms with Crippen LogP contribution >= 0.6 is 0 Å². The van der Waals surface area contributed by atoms with E-state index in [2.05, 4.69) is 5.32 Å². The van der Waals surface area contributed by atoms with Crippen molar-refractivity contribution in [2.45, 2.75) is 56.6 Å². The molecule has 90 valence electrons. The molecule has 5 atom stereocenters. The van der Waals surface area contributed by atoms with E-state index in [0.29, 0.717) is 0 Å². The van der Waals surface area contributed by atoms with Crippen LogP contribution < -0.4 is 5.32 Å². The fraction of sp³-hybridized carbons (Fsp3) is 1.00. The fourth-order valence-corrected chi connectivity index (χ4v) is 1.88. The minimum absolute atomic E-state index is 0.198. The highest BCUT2D eigenvalue weighted by Gasteiger charge is 2.37. The molecule has 0 spiro atoms. The Balaban J connectivity index is 2.59. The summed E-state index contributed by atoms with van der Waals surface area (Å²) in [5.41, 5.74) is 0. The fourth-order valence-electron chi connectivity index (χ4n) is 1.88. The maximum Gasteiger partial charge on any atom is 0.110 e. The molecule has 1 aliphatic rings. The summed E-state index contributed by atoms with van der Waals surface area (Å²) in [7, 11) is 0. The standard InChI is InChI=1S/C10H21NO4/c1-2-3-4-6-8(13)10(15)9(14)7(12)5-11-6/h6-15H,2-5H2,1H3/t6-,7-,8-,9-,10-/m1/s1. The van der Waals surface area contributed by atoms with Gasteiger partial charge in [-0.25, -0.2) is 0 Å². The van der Waals surface area contributed by atoms with E-state index in [4.69, 9.17) is 0 Å². The van der Waals surface area contributed by atoms with E-state index in [9.17, 15) is 20.4 Å². The Labute approximate surface area is 89.7 Å². The maximum atomic E-state index is 9.75. The van der Waals surface area contributed by atoms with E-state index in [1.807, 2.05) is 6.92 Å². The van der Waals surface area contributed by atoms with Crippen LogP contribution in [0.4, 0.5) is 0 Å². The van der Waals surface area contributed by atoms with Crippen molar-refractivity contribution in [1.29, 1.82) is 0 Å². The molecule has 0 radical (unpaired) electrons. The van der Waals surface area contributed by atoms with Crippen molar-refractivity contribution < 1.29 is 20.4 Å². The number of β-amino-alcohol motifs (C(OH)–C–C–N with tert-alkyl or cyclic N) is 1. The zero-order chi connectivity index (χ0) is 11.4. The van der Waals surface area contributed by atoms with Crippen molar-refractivity contribution in [2.75, 3.05) is 6.54 Å². The van der Waals surface area contributed by atoms with Gasteiger partial charge in [0.1, 0.15) is 12.2 Å². The van der Waals surface area contributed by atoms with Crippen LogP contribution in [-0.2, 0) is 0 Å². The van der Waals surface area contributed by atoms with E-state index < -0.39 is 24.4 Å². The summed E-state index contributed by atoms with van der Waals surface area (Å²) < 4.78 is 0. The largest absolute Gasteiger partial charge is 0.389 e. The number of rotatable bonds is 3. The highest BCUT2D eigenvalue weighted by Crippen LogP contribution is 2.16.